The molecule has 57 valence electrons. The van der Waals surface area contributed by atoms with Crippen molar-refractivity contribution in [1.82, 2.24) is 4.98 Å². The summed E-state index contributed by atoms with van der Waals surface area (Å²) < 4.78 is 4.70. The average molecular weight is 310 g/mol. The Balaban J connectivity index is 0.000000810. The zero-order valence-corrected chi connectivity index (χ0v) is 9.03. The Bertz CT molecular complexity index is 176. The molecule has 0 spiro atoms. The van der Waals surface area contributed by atoms with Crippen LogP contribution in [0, 0.1) is 6.39 Å². The molecule has 0 aliphatic carbocycles. The van der Waals surface area contributed by atoms with Crippen molar-refractivity contribution in [2.24, 2.45) is 0 Å². The van der Waals surface area contributed by atoms with Crippen LogP contribution in [0.5, 0.6) is 0 Å². The minimum absolute atomic E-state index is 0. The molecule has 0 aromatic carbocycles. The van der Waals surface area contributed by atoms with Gasteiger partial charge in [-0.3, -0.25) is 0 Å². The van der Waals surface area contributed by atoms with Gasteiger partial charge in [-0.1, -0.05) is 26.5 Å². The van der Waals surface area contributed by atoms with Crippen molar-refractivity contribution in [3.05, 3.63) is 18.4 Å². The molecule has 2 nitrogen and oxygen atoms in total. The molecule has 1 aromatic heterocycles. The third kappa shape index (κ3) is 2.24. The van der Waals surface area contributed by atoms with Crippen molar-refractivity contribution in [3.8, 4) is 0 Å². The zero-order chi connectivity index (χ0) is 6.91. The second-order valence-electron chi connectivity index (χ2n) is 3.07. The predicted octanol–water partition coefficient (Wildman–Crippen LogP) is 1.77. The molecule has 0 N–H and O–H groups in total. The molecule has 0 atom stereocenters. The van der Waals surface area contributed by atoms with E-state index in [1.807, 2.05) is 0 Å². The molecule has 10 heavy (non-hydrogen) atoms. The van der Waals surface area contributed by atoms with Gasteiger partial charge in [0.2, 0.25) is 0 Å². The Hall–Kier alpha value is -0.128. The molecular formula is C7H10NORe-. The third-order valence-corrected chi connectivity index (χ3v) is 1.16. The number of aromatic nitrogens is 1. The Morgan fingerprint density at radius 2 is 2.10 bits per heavy atom. The standard InChI is InChI=1S/C7H10NO.Re/c1-7(2,3)6-4-9-5-8-6;/h4H,1-3H3;/q-1;. The van der Waals surface area contributed by atoms with Crippen LogP contribution in [0.3, 0.4) is 0 Å². The van der Waals surface area contributed by atoms with Crippen LogP contribution >= 0.6 is 0 Å². The zero-order valence-electron chi connectivity index (χ0n) is 6.31. The SMILES string of the molecule is CC(C)(C)c1co[c-]n1.[Re]. The van der Waals surface area contributed by atoms with Crippen LogP contribution in [0.2, 0.25) is 0 Å². The first-order valence-corrected chi connectivity index (χ1v) is 2.93. The smallest absolute Gasteiger partial charge is 0.102 e. The van der Waals surface area contributed by atoms with Crippen molar-refractivity contribution < 1.29 is 24.8 Å². The summed E-state index contributed by atoms with van der Waals surface area (Å²) in [4.78, 5) is 3.90. The third-order valence-electron chi connectivity index (χ3n) is 1.16. The van der Waals surface area contributed by atoms with Crippen LogP contribution < -0.4 is 0 Å². The van der Waals surface area contributed by atoms with Crippen molar-refractivity contribution in [2.45, 2.75) is 26.2 Å². The van der Waals surface area contributed by atoms with E-state index < -0.39 is 0 Å². The number of hydrogen-bond acceptors (Lipinski definition) is 2. The maximum Gasteiger partial charge on any atom is 0.102 e. The van der Waals surface area contributed by atoms with E-state index in [2.05, 4.69) is 32.1 Å². The Labute approximate surface area is 74.7 Å². The van der Waals surface area contributed by atoms with Gasteiger partial charge in [-0.15, -0.1) is 0 Å². The van der Waals surface area contributed by atoms with Gasteiger partial charge in [0.1, 0.15) is 6.39 Å². The van der Waals surface area contributed by atoms with E-state index in [9.17, 15) is 0 Å². The van der Waals surface area contributed by atoms with Gasteiger partial charge in [0, 0.05) is 20.4 Å². The average Bonchev–Trinajstić information content (AvgIpc) is 2.08. The topological polar surface area (TPSA) is 26.0 Å². The quantitative estimate of drug-likeness (QED) is 0.683. The van der Waals surface area contributed by atoms with Gasteiger partial charge < -0.3 is 9.40 Å². The first kappa shape index (κ1) is 9.87. The molecule has 1 aromatic rings. The van der Waals surface area contributed by atoms with E-state index in [-0.39, 0.29) is 25.8 Å². The molecule has 1 rings (SSSR count). The monoisotopic (exact) mass is 311 g/mol. The van der Waals surface area contributed by atoms with Gasteiger partial charge in [-0.25, -0.2) is 0 Å². The van der Waals surface area contributed by atoms with E-state index in [0.29, 0.717) is 0 Å². The minimum Gasteiger partial charge on any atom is -0.581 e. The summed E-state index contributed by atoms with van der Waals surface area (Å²) in [5.41, 5.74) is 1.03. The largest absolute Gasteiger partial charge is 0.581 e. The molecule has 0 amide bonds. The predicted molar refractivity (Wildman–Crippen MR) is 34.0 cm³/mol. The Morgan fingerprint density at radius 1 is 1.50 bits per heavy atom. The summed E-state index contributed by atoms with van der Waals surface area (Å²) in [6.07, 6.45) is 4.04. The Kier molecular flexibility index (Phi) is 3.28. The fourth-order valence-corrected chi connectivity index (χ4v) is 0.529. The van der Waals surface area contributed by atoms with Crippen molar-refractivity contribution in [1.29, 1.82) is 0 Å². The van der Waals surface area contributed by atoms with E-state index in [0.717, 1.165) is 5.69 Å². The first-order valence-electron chi connectivity index (χ1n) is 2.93. The minimum atomic E-state index is 0. The fourth-order valence-electron chi connectivity index (χ4n) is 0.529. The van der Waals surface area contributed by atoms with E-state index in [1.165, 1.54) is 0 Å². The van der Waals surface area contributed by atoms with Gasteiger partial charge >= 0.3 is 0 Å². The van der Waals surface area contributed by atoms with Crippen LogP contribution in [-0.4, -0.2) is 4.98 Å². The van der Waals surface area contributed by atoms with Crippen LogP contribution in [-0.2, 0) is 25.8 Å². The molecule has 3 heteroatoms. The van der Waals surface area contributed by atoms with Gasteiger partial charge in [-0.05, 0) is 11.7 Å². The number of oxazole rings is 1. The van der Waals surface area contributed by atoms with Gasteiger partial charge in [-0.2, -0.15) is 0 Å². The number of hydrogen-bond donors (Lipinski definition) is 0. The molecule has 1 radical (unpaired) electrons. The summed E-state index contributed by atoms with van der Waals surface area (Å²) in [5.74, 6) is 0. The van der Waals surface area contributed by atoms with E-state index in [4.69, 9.17) is 4.42 Å². The molecule has 0 aliphatic heterocycles. The van der Waals surface area contributed by atoms with E-state index in [1.54, 1.807) is 6.26 Å². The van der Waals surface area contributed by atoms with Crippen LogP contribution in [0.15, 0.2) is 10.7 Å². The van der Waals surface area contributed by atoms with Gasteiger partial charge in [0.15, 0.2) is 0 Å². The summed E-state index contributed by atoms with van der Waals surface area (Å²) >= 11 is 0. The summed E-state index contributed by atoms with van der Waals surface area (Å²) in [6, 6.07) is 0. The molecule has 0 bridgehead atoms. The fraction of sp³-hybridized carbons (Fsp3) is 0.571. The van der Waals surface area contributed by atoms with E-state index >= 15 is 0 Å². The summed E-state index contributed by atoms with van der Waals surface area (Å²) in [5, 5.41) is 0. The molecule has 0 aliphatic rings. The van der Waals surface area contributed by atoms with Crippen LogP contribution in [0.4, 0.5) is 0 Å². The molecule has 1 heterocycles. The summed E-state index contributed by atoms with van der Waals surface area (Å²) in [6.45, 7) is 6.25. The molecule has 0 saturated heterocycles. The molecule has 0 saturated carbocycles. The van der Waals surface area contributed by atoms with Crippen molar-refractivity contribution in [2.75, 3.05) is 0 Å². The molecule has 0 fully saturated rings. The van der Waals surface area contributed by atoms with Gasteiger partial charge in [0.05, 0.1) is 0 Å². The van der Waals surface area contributed by atoms with Crippen LogP contribution in [0.25, 0.3) is 0 Å². The number of nitrogens with zero attached hydrogens (tertiary/aromatic N) is 1. The summed E-state index contributed by atoms with van der Waals surface area (Å²) in [7, 11) is 0. The normalized spacial score (nSPS) is 10.7. The maximum absolute atomic E-state index is 4.70. The van der Waals surface area contributed by atoms with Crippen LogP contribution in [0.1, 0.15) is 26.5 Å². The molecule has 0 unspecified atom stereocenters. The van der Waals surface area contributed by atoms with Crippen molar-refractivity contribution >= 4 is 0 Å². The maximum atomic E-state index is 4.70. The number of rotatable bonds is 0. The first-order chi connectivity index (χ1) is 4.11. The second-order valence-corrected chi connectivity index (χ2v) is 3.07. The van der Waals surface area contributed by atoms with Gasteiger partial charge in [0.25, 0.3) is 0 Å². The Morgan fingerprint density at radius 3 is 2.30 bits per heavy atom. The molecular weight excluding hydrogens is 300 g/mol. The second kappa shape index (κ2) is 3.32. The van der Waals surface area contributed by atoms with Crippen molar-refractivity contribution in [3.63, 3.8) is 0 Å².